The van der Waals surface area contributed by atoms with Crippen LogP contribution in [0.5, 0.6) is 0 Å². The Hall–Kier alpha value is -2.84. The van der Waals surface area contributed by atoms with Crippen molar-refractivity contribution in [3.63, 3.8) is 0 Å². The molecule has 0 spiro atoms. The van der Waals surface area contributed by atoms with Gasteiger partial charge in [0.1, 0.15) is 0 Å². The standard InChI is InChI=1S/C20H21F2N3O3/c21-16-7-6-15(12-17(16)22)24-20(27)19(26)23-8-9-25-10-11-28-18(13-25)14-4-2-1-3-5-14/h1-7,12,18H,8-11,13H2,(H,23,26)(H,24,27)/t18-/m1/s1. The van der Waals surface area contributed by atoms with Crippen LogP contribution in [0.25, 0.3) is 0 Å². The Balaban J connectivity index is 1.43. The zero-order valence-electron chi connectivity index (χ0n) is 15.2. The number of halogens is 2. The Morgan fingerprint density at radius 1 is 1.07 bits per heavy atom. The second-order valence-electron chi connectivity index (χ2n) is 6.41. The molecule has 28 heavy (non-hydrogen) atoms. The Morgan fingerprint density at radius 2 is 1.86 bits per heavy atom. The van der Waals surface area contributed by atoms with Crippen molar-refractivity contribution in [3.05, 3.63) is 65.7 Å². The molecule has 3 rings (SSSR count). The van der Waals surface area contributed by atoms with Gasteiger partial charge < -0.3 is 15.4 Å². The molecular formula is C20H21F2N3O3. The topological polar surface area (TPSA) is 70.7 Å². The molecule has 2 aromatic carbocycles. The van der Waals surface area contributed by atoms with Crippen molar-refractivity contribution < 1.29 is 23.1 Å². The molecule has 1 fully saturated rings. The molecule has 1 atom stereocenters. The maximum absolute atomic E-state index is 13.2. The SMILES string of the molecule is O=C(NCCN1CCO[C@@H](c2ccccc2)C1)C(=O)Nc1ccc(F)c(F)c1. The van der Waals surface area contributed by atoms with Crippen molar-refractivity contribution in [2.45, 2.75) is 6.10 Å². The smallest absolute Gasteiger partial charge is 0.313 e. The maximum atomic E-state index is 13.2. The van der Waals surface area contributed by atoms with Crippen LogP contribution in [0.1, 0.15) is 11.7 Å². The molecule has 2 aromatic rings. The van der Waals surface area contributed by atoms with Crippen LogP contribution in [0, 0.1) is 11.6 Å². The average molecular weight is 389 g/mol. The van der Waals surface area contributed by atoms with Crippen LogP contribution in [0.2, 0.25) is 0 Å². The second-order valence-corrected chi connectivity index (χ2v) is 6.41. The molecule has 2 N–H and O–H groups in total. The van der Waals surface area contributed by atoms with Gasteiger partial charge in [0.25, 0.3) is 0 Å². The lowest BCUT2D eigenvalue weighted by Crippen LogP contribution is -2.44. The van der Waals surface area contributed by atoms with Gasteiger partial charge in [0.2, 0.25) is 0 Å². The first kappa shape index (κ1) is 19.9. The highest BCUT2D eigenvalue weighted by atomic mass is 19.2. The number of anilines is 1. The number of amides is 2. The number of nitrogens with one attached hydrogen (secondary N) is 2. The Labute approximate surface area is 161 Å². The van der Waals surface area contributed by atoms with E-state index < -0.39 is 23.4 Å². The highest BCUT2D eigenvalue weighted by Crippen LogP contribution is 2.21. The summed E-state index contributed by atoms with van der Waals surface area (Å²) in [5.74, 6) is -3.90. The van der Waals surface area contributed by atoms with E-state index in [-0.39, 0.29) is 18.3 Å². The van der Waals surface area contributed by atoms with E-state index in [1.165, 1.54) is 6.07 Å². The molecule has 6 nitrogen and oxygen atoms in total. The van der Waals surface area contributed by atoms with E-state index in [2.05, 4.69) is 15.5 Å². The van der Waals surface area contributed by atoms with Crippen LogP contribution in [0.15, 0.2) is 48.5 Å². The molecule has 1 aliphatic heterocycles. The summed E-state index contributed by atoms with van der Waals surface area (Å²) >= 11 is 0. The lowest BCUT2D eigenvalue weighted by Gasteiger charge is -2.33. The quantitative estimate of drug-likeness (QED) is 0.769. The van der Waals surface area contributed by atoms with E-state index in [4.69, 9.17) is 4.74 Å². The third-order valence-electron chi connectivity index (χ3n) is 4.42. The van der Waals surface area contributed by atoms with Crippen LogP contribution in [0.3, 0.4) is 0 Å². The predicted molar refractivity (Wildman–Crippen MR) is 99.6 cm³/mol. The summed E-state index contributed by atoms with van der Waals surface area (Å²) in [6.45, 7) is 2.87. The first-order valence-electron chi connectivity index (χ1n) is 8.96. The van der Waals surface area contributed by atoms with E-state index in [1.54, 1.807) is 0 Å². The molecule has 2 amide bonds. The Bertz CT molecular complexity index is 833. The van der Waals surface area contributed by atoms with Gasteiger partial charge in [-0.1, -0.05) is 30.3 Å². The molecule has 0 aromatic heterocycles. The molecule has 1 heterocycles. The summed E-state index contributed by atoms with van der Waals surface area (Å²) in [5, 5.41) is 4.76. The lowest BCUT2D eigenvalue weighted by atomic mass is 10.1. The summed E-state index contributed by atoms with van der Waals surface area (Å²) in [6, 6.07) is 12.8. The van der Waals surface area contributed by atoms with Gasteiger partial charge in [-0.2, -0.15) is 0 Å². The van der Waals surface area contributed by atoms with E-state index in [1.807, 2.05) is 30.3 Å². The maximum Gasteiger partial charge on any atom is 0.313 e. The van der Waals surface area contributed by atoms with Gasteiger partial charge in [-0.15, -0.1) is 0 Å². The first-order chi connectivity index (χ1) is 13.5. The predicted octanol–water partition coefficient (Wildman–Crippen LogP) is 2.09. The number of morpholine rings is 1. The minimum absolute atomic E-state index is 0.0120. The summed E-state index contributed by atoms with van der Waals surface area (Å²) in [5.41, 5.74) is 1.11. The normalized spacial score (nSPS) is 17.1. The van der Waals surface area contributed by atoms with Crippen LogP contribution in [-0.2, 0) is 14.3 Å². The summed E-state index contributed by atoms with van der Waals surface area (Å²) in [4.78, 5) is 25.9. The number of carbonyl (C=O) groups excluding carboxylic acids is 2. The highest BCUT2D eigenvalue weighted by Gasteiger charge is 2.22. The molecule has 1 saturated heterocycles. The lowest BCUT2D eigenvalue weighted by molar-refractivity contribution is -0.136. The van der Waals surface area contributed by atoms with Crippen LogP contribution >= 0.6 is 0 Å². The van der Waals surface area contributed by atoms with E-state index in [0.29, 0.717) is 19.7 Å². The number of carbonyl (C=O) groups is 2. The molecule has 0 bridgehead atoms. The monoisotopic (exact) mass is 389 g/mol. The van der Waals surface area contributed by atoms with E-state index in [9.17, 15) is 18.4 Å². The van der Waals surface area contributed by atoms with Crippen molar-refractivity contribution in [1.29, 1.82) is 0 Å². The van der Waals surface area contributed by atoms with Crippen molar-refractivity contribution >= 4 is 17.5 Å². The third kappa shape index (κ3) is 5.34. The number of hydrogen-bond donors (Lipinski definition) is 2. The minimum atomic E-state index is -1.10. The minimum Gasteiger partial charge on any atom is -0.371 e. The van der Waals surface area contributed by atoms with Gasteiger partial charge in [0, 0.05) is 37.9 Å². The zero-order valence-corrected chi connectivity index (χ0v) is 15.2. The van der Waals surface area contributed by atoms with Gasteiger partial charge in [0.05, 0.1) is 12.7 Å². The van der Waals surface area contributed by atoms with Gasteiger partial charge >= 0.3 is 11.8 Å². The molecule has 1 aliphatic rings. The fourth-order valence-electron chi connectivity index (χ4n) is 2.94. The van der Waals surface area contributed by atoms with Crippen molar-refractivity contribution in [2.24, 2.45) is 0 Å². The first-order valence-corrected chi connectivity index (χ1v) is 8.96. The largest absolute Gasteiger partial charge is 0.371 e. The van der Waals surface area contributed by atoms with E-state index in [0.717, 1.165) is 24.2 Å². The number of rotatable bonds is 5. The number of benzene rings is 2. The molecule has 0 aliphatic carbocycles. The summed E-state index contributed by atoms with van der Waals surface area (Å²) in [7, 11) is 0. The van der Waals surface area contributed by atoms with Gasteiger partial charge in [-0.05, 0) is 17.7 Å². The number of hydrogen-bond acceptors (Lipinski definition) is 4. The molecule has 0 unspecified atom stereocenters. The van der Waals surface area contributed by atoms with Gasteiger partial charge in [-0.3, -0.25) is 14.5 Å². The van der Waals surface area contributed by atoms with Crippen molar-refractivity contribution in [2.75, 3.05) is 38.1 Å². The molecule has 0 radical (unpaired) electrons. The number of nitrogens with zero attached hydrogens (tertiary/aromatic N) is 1. The van der Waals surface area contributed by atoms with Gasteiger partial charge in [-0.25, -0.2) is 8.78 Å². The fourth-order valence-corrected chi connectivity index (χ4v) is 2.94. The highest BCUT2D eigenvalue weighted by molar-refractivity contribution is 6.39. The average Bonchev–Trinajstić information content (AvgIpc) is 2.71. The Morgan fingerprint density at radius 3 is 2.61 bits per heavy atom. The van der Waals surface area contributed by atoms with Gasteiger partial charge in [0.15, 0.2) is 11.6 Å². The molecule has 8 heteroatoms. The molecule has 0 saturated carbocycles. The zero-order chi connectivity index (χ0) is 19.9. The molecule has 148 valence electrons. The van der Waals surface area contributed by atoms with Crippen LogP contribution in [0.4, 0.5) is 14.5 Å². The Kier molecular flexibility index (Phi) is 6.67. The number of ether oxygens (including phenoxy) is 1. The van der Waals surface area contributed by atoms with Crippen molar-refractivity contribution in [1.82, 2.24) is 10.2 Å². The van der Waals surface area contributed by atoms with Crippen LogP contribution < -0.4 is 10.6 Å². The van der Waals surface area contributed by atoms with Crippen molar-refractivity contribution in [3.8, 4) is 0 Å². The van der Waals surface area contributed by atoms with Crippen LogP contribution in [-0.4, -0.2) is 49.5 Å². The fraction of sp³-hybridized carbons (Fsp3) is 0.300. The summed E-state index contributed by atoms with van der Waals surface area (Å²) in [6.07, 6.45) is -0.0256. The third-order valence-corrected chi connectivity index (χ3v) is 4.42. The summed E-state index contributed by atoms with van der Waals surface area (Å²) < 4.78 is 31.8. The van der Waals surface area contributed by atoms with E-state index >= 15 is 0 Å². The second kappa shape index (κ2) is 9.38. The molecular weight excluding hydrogens is 368 g/mol.